The van der Waals surface area contributed by atoms with Gasteiger partial charge in [-0.2, -0.15) is 0 Å². The first kappa shape index (κ1) is 19.6. The molecule has 1 N–H and O–H groups in total. The van der Waals surface area contributed by atoms with Crippen LogP contribution in [-0.4, -0.2) is 33.4 Å². The number of nitrogens with zero attached hydrogens (tertiary/aromatic N) is 3. The van der Waals surface area contributed by atoms with Crippen LogP contribution in [0.4, 0.5) is 0 Å². The second kappa shape index (κ2) is 8.78. The van der Waals surface area contributed by atoms with Gasteiger partial charge in [-0.1, -0.05) is 42.5 Å². The van der Waals surface area contributed by atoms with Crippen LogP contribution in [0, 0.1) is 5.92 Å². The van der Waals surface area contributed by atoms with E-state index in [0.717, 1.165) is 49.4 Å². The number of amides is 1. The van der Waals surface area contributed by atoms with Gasteiger partial charge in [-0.15, -0.1) is 0 Å². The summed E-state index contributed by atoms with van der Waals surface area (Å²) in [6.45, 7) is 7.74. The fraction of sp³-hybridized carbons (Fsp3) is 0.417. The molecule has 0 unspecified atom stereocenters. The first-order chi connectivity index (χ1) is 14.1. The SMILES string of the molecule is CC(C)n1c(CN2CCC(C(=O)NCc3ccccc3)CC2)nc2ccccc21. The van der Waals surface area contributed by atoms with Gasteiger partial charge in [0, 0.05) is 18.5 Å². The maximum absolute atomic E-state index is 12.6. The third-order valence-corrected chi connectivity index (χ3v) is 5.82. The number of rotatable bonds is 6. The summed E-state index contributed by atoms with van der Waals surface area (Å²) in [5.41, 5.74) is 3.41. The third kappa shape index (κ3) is 4.51. The second-order valence-corrected chi connectivity index (χ2v) is 8.23. The molecule has 1 aliphatic rings. The molecule has 1 fully saturated rings. The second-order valence-electron chi connectivity index (χ2n) is 8.23. The molecule has 5 nitrogen and oxygen atoms in total. The largest absolute Gasteiger partial charge is 0.352 e. The van der Waals surface area contributed by atoms with Gasteiger partial charge in [-0.3, -0.25) is 9.69 Å². The van der Waals surface area contributed by atoms with Crippen LogP contribution in [0.5, 0.6) is 0 Å². The normalized spacial score (nSPS) is 15.8. The highest BCUT2D eigenvalue weighted by molar-refractivity contribution is 5.78. The van der Waals surface area contributed by atoms with E-state index in [1.807, 2.05) is 36.4 Å². The number of piperidine rings is 1. The van der Waals surface area contributed by atoms with Gasteiger partial charge in [0.25, 0.3) is 0 Å². The average Bonchev–Trinajstić information content (AvgIpc) is 3.11. The van der Waals surface area contributed by atoms with Crippen molar-refractivity contribution in [3.63, 3.8) is 0 Å². The van der Waals surface area contributed by atoms with E-state index in [4.69, 9.17) is 4.98 Å². The maximum atomic E-state index is 12.6. The van der Waals surface area contributed by atoms with Crippen LogP contribution in [0.2, 0.25) is 0 Å². The number of carbonyl (C=O) groups excluding carboxylic acids is 1. The summed E-state index contributed by atoms with van der Waals surface area (Å²) in [6.07, 6.45) is 1.81. The highest BCUT2D eigenvalue weighted by Gasteiger charge is 2.26. The van der Waals surface area contributed by atoms with Crippen molar-refractivity contribution in [2.75, 3.05) is 13.1 Å². The predicted octanol–water partition coefficient (Wildman–Crippen LogP) is 4.15. The fourth-order valence-electron chi connectivity index (χ4n) is 4.26. The van der Waals surface area contributed by atoms with Crippen LogP contribution in [0.25, 0.3) is 11.0 Å². The molecule has 1 aliphatic heterocycles. The molecule has 2 heterocycles. The number of para-hydroxylation sites is 2. The molecule has 2 aromatic carbocycles. The first-order valence-electron chi connectivity index (χ1n) is 10.6. The van der Waals surface area contributed by atoms with Gasteiger partial charge < -0.3 is 9.88 Å². The van der Waals surface area contributed by atoms with Crippen LogP contribution in [0.15, 0.2) is 54.6 Å². The molecule has 5 heteroatoms. The van der Waals surface area contributed by atoms with Gasteiger partial charge in [-0.25, -0.2) is 4.98 Å². The smallest absolute Gasteiger partial charge is 0.223 e. The Labute approximate surface area is 172 Å². The topological polar surface area (TPSA) is 50.2 Å². The molecule has 1 aromatic heterocycles. The Balaban J connectivity index is 1.34. The van der Waals surface area contributed by atoms with Gasteiger partial charge in [-0.05, 0) is 57.5 Å². The Morgan fingerprint density at radius 3 is 2.48 bits per heavy atom. The molecule has 1 saturated heterocycles. The van der Waals surface area contributed by atoms with Crippen LogP contribution < -0.4 is 5.32 Å². The summed E-state index contributed by atoms with van der Waals surface area (Å²) in [5, 5.41) is 3.10. The van der Waals surface area contributed by atoms with Crippen molar-refractivity contribution in [3.05, 3.63) is 66.0 Å². The molecule has 1 amide bonds. The minimum atomic E-state index is 0.110. The summed E-state index contributed by atoms with van der Waals surface area (Å²) in [7, 11) is 0. The first-order valence-corrected chi connectivity index (χ1v) is 10.6. The average molecular weight is 391 g/mol. The fourth-order valence-corrected chi connectivity index (χ4v) is 4.26. The highest BCUT2D eigenvalue weighted by Crippen LogP contribution is 2.24. The van der Waals surface area contributed by atoms with Crippen molar-refractivity contribution < 1.29 is 4.79 Å². The molecular formula is C24H30N4O. The number of hydrogen-bond donors (Lipinski definition) is 1. The van der Waals surface area contributed by atoms with E-state index in [9.17, 15) is 4.79 Å². The Hall–Kier alpha value is -2.66. The summed E-state index contributed by atoms with van der Waals surface area (Å²) in [4.78, 5) is 19.9. The molecule has 0 radical (unpaired) electrons. The molecule has 0 atom stereocenters. The summed E-state index contributed by atoms with van der Waals surface area (Å²) >= 11 is 0. The number of nitrogens with one attached hydrogen (secondary N) is 1. The molecule has 0 saturated carbocycles. The monoisotopic (exact) mass is 390 g/mol. The van der Waals surface area contributed by atoms with Crippen molar-refractivity contribution in [1.29, 1.82) is 0 Å². The maximum Gasteiger partial charge on any atom is 0.223 e. The number of hydrogen-bond acceptors (Lipinski definition) is 3. The van der Waals surface area contributed by atoms with Crippen LogP contribution in [0.3, 0.4) is 0 Å². The van der Waals surface area contributed by atoms with Crippen molar-refractivity contribution in [2.24, 2.45) is 5.92 Å². The van der Waals surface area contributed by atoms with E-state index in [1.54, 1.807) is 0 Å². The van der Waals surface area contributed by atoms with Crippen LogP contribution in [-0.2, 0) is 17.9 Å². The molecule has 3 aromatic rings. The molecule has 0 aliphatic carbocycles. The molecule has 4 rings (SSSR count). The number of likely N-dealkylation sites (tertiary alicyclic amines) is 1. The lowest BCUT2D eigenvalue weighted by molar-refractivity contribution is -0.126. The zero-order valence-electron chi connectivity index (χ0n) is 17.3. The molecule has 0 bridgehead atoms. The lowest BCUT2D eigenvalue weighted by Gasteiger charge is -2.31. The minimum absolute atomic E-state index is 0.110. The molecule has 29 heavy (non-hydrogen) atoms. The molecule has 152 valence electrons. The Kier molecular flexibility index (Phi) is 5.95. The number of imidazole rings is 1. The number of benzene rings is 2. The third-order valence-electron chi connectivity index (χ3n) is 5.82. The summed E-state index contributed by atoms with van der Waals surface area (Å²) in [6, 6.07) is 18.8. The van der Waals surface area contributed by atoms with Gasteiger partial charge in [0.1, 0.15) is 5.82 Å². The standard InChI is InChI=1S/C24H30N4O/c1-18(2)28-22-11-7-6-10-21(22)26-23(28)17-27-14-12-20(13-15-27)24(29)25-16-19-8-4-3-5-9-19/h3-11,18,20H,12-17H2,1-2H3,(H,25,29). The van der Waals surface area contributed by atoms with E-state index in [1.165, 1.54) is 5.52 Å². The van der Waals surface area contributed by atoms with E-state index >= 15 is 0 Å². The highest BCUT2D eigenvalue weighted by atomic mass is 16.1. The minimum Gasteiger partial charge on any atom is -0.352 e. The Morgan fingerprint density at radius 1 is 1.07 bits per heavy atom. The van der Waals surface area contributed by atoms with Gasteiger partial charge >= 0.3 is 0 Å². The zero-order chi connectivity index (χ0) is 20.2. The number of fused-ring (bicyclic) bond motifs is 1. The van der Waals surface area contributed by atoms with Gasteiger partial charge in [0.2, 0.25) is 5.91 Å². The number of carbonyl (C=O) groups is 1. The molecule has 0 spiro atoms. The van der Waals surface area contributed by atoms with Crippen molar-refractivity contribution in [2.45, 2.75) is 45.8 Å². The van der Waals surface area contributed by atoms with Crippen molar-refractivity contribution in [3.8, 4) is 0 Å². The van der Waals surface area contributed by atoms with Gasteiger partial charge in [0.05, 0.1) is 17.6 Å². The Morgan fingerprint density at radius 2 is 1.76 bits per heavy atom. The van der Waals surface area contributed by atoms with E-state index in [0.29, 0.717) is 12.6 Å². The quantitative estimate of drug-likeness (QED) is 0.688. The zero-order valence-corrected chi connectivity index (χ0v) is 17.3. The van der Waals surface area contributed by atoms with E-state index < -0.39 is 0 Å². The number of aromatic nitrogens is 2. The van der Waals surface area contributed by atoms with Gasteiger partial charge in [0.15, 0.2) is 0 Å². The lowest BCUT2D eigenvalue weighted by atomic mass is 9.96. The van der Waals surface area contributed by atoms with Crippen molar-refractivity contribution in [1.82, 2.24) is 19.8 Å². The van der Waals surface area contributed by atoms with Crippen molar-refractivity contribution >= 4 is 16.9 Å². The summed E-state index contributed by atoms with van der Waals surface area (Å²) < 4.78 is 2.34. The van der Waals surface area contributed by atoms with Crippen LogP contribution >= 0.6 is 0 Å². The predicted molar refractivity (Wildman–Crippen MR) is 116 cm³/mol. The lowest BCUT2D eigenvalue weighted by Crippen LogP contribution is -2.40. The summed E-state index contributed by atoms with van der Waals surface area (Å²) in [5.74, 6) is 1.41. The Bertz CT molecular complexity index is 955. The van der Waals surface area contributed by atoms with Crippen LogP contribution in [0.1, 0.15) is 44.1 Å². The molecular weight excluding hydrogens is 360 g/mol. The van der Waals surface area contributed by atoms with E-state index in [-0.39, 0.29) is 11.8 Å². The van der Waals surface area contributed by atoms with E-state index in [2.05, 4.69) is 46.8 Å².